The summed E-state index contributed by atoms with van der Waals surface area (Å²) in [6.07, 6.45) is 3.72. The highest BCUT2D eigenvalue weighted by Crippen LogP contribution is 2.41. The molecule has 90 valence electrons. The van der Waals surface area contributed by atoms with Crippen LogP contribution in [-0.4, -0.2) is 20.5 Å². The van der Waals surface area contributed by atoms with Gasteiger partial charge in [0.05, 0.1) is 4.88 Å². The summed E-state index contributed by atoms with van der Waals surface area (Å²) in [7, 11) is 0. The molecule has 0 aliphatic heterocycles. The molecule has 1 fully saturated rings. The minimum absolute atomic E-state index is 0.640. The predicted octanol–water partition coefficient (Wildman–Crippen LogP) is 3.84. The van der Waals surface area contributed by atoms with Crippen LogP contribution in [-0.2, 0) is 0 Å². The van der Waals surface area contributed by atoms with Crippen LogP contribution in [0, 0.1) is 0 Å². The summed E-state index contributed by atoms with van der Waals surface area (Å²) in [5.41, 5.74) is 0. The van der Waals surface area contributed by atoms with E-state index in [1.165, 1.54) is 24.1 Å². The van der Waals surface area contributed by atoms with Crippen LogP contribution in [0.25, 0.3) is 10.7 Å². The van der Waals surface area contributed by atoms with Crippen LogP contribution in [0.1, 0.15) is 32.2 Å². The minimum atomic E-state index is 0.640. The standard InChI is InChI=1S/C12H15N3S2/c1-2-7-17-12-14-13-11(10-4-3-8-16-10)15(12)9-5-6-9/h3-4,8-9H,2,5-7H2,1H3. The highest BCUT2D eigenvalue weighted by Gasteiger charge is 2.30. The van der Waals surface area contributed by atoms with Crippen molar-refractivity contribution in [2.75, 3.05) is 5.75 Å². The number of nitrogens with zero attached hydrogens (tertiary/aromatic N) is 3. The number of aromatic nitrogens is 3. The minimum Gasteiger partial charge on any atom is -0.298 e. The Morgan fingerprint density at radius 2 is 2.35 bits per heavy atom. The van der Waals surface area contributed by atoms with Gasteiger partial charge in [-0.25, -0.2) is 0 Å². The second-order valence-electron chi connectivity index (χ2n) is 4.23. The van der Waals surface area contributed by atoms with Gasteiger partial charge in [0.1, 0.15) is 0 Å². The third-order valence-corrected chi connectivity index (χ3v) is 4.77. The molecule has 2 aromatic rings. The van der Waals surface area contributed by atoms with Gasteiger partial charge in [-0.3, -0.25) is 4.57 Å². The van der Waals surface area contributed by atoms with Gasteiger partial charge in [-0.05, 0) is 30.7 Å². The summed E-state index contributed by atoms with van der Waals surface area (Å²) >= 11 is 3.57. The van der Waals surface area contributed by atoms with Crippen molar-refractivity contribution < 1.29 is 0 Å². The first-order valence-electron chi connectivity index (χ1n) is 6.01. The Morgan fingerprint density at radius 1 is 1.47 bits per heavy atom. The smallest absolute Gasteiger partial charge is 0.191 e. The zero-order valence-electron chi connectivity index (χ0n) is 9.80. The van der Waals surface area contributed by atoms with Crippen LogP contribution in [0.3, 0.4) is 0 Å². The molecule has 0 radical (unpaired) electrons. The van der Waals surface area contributed by atoms with Gasteiger partial charge in [-0.1, -0.05) is 24.8 Å². The first kappa shape index (κ1) is 11.3. The highest BCUT2D eigenvalue weighted by atomic mass is 32.2. The molecule has 0 amide bonds. The second-order valence-corrected chi connectivity index (χ2v) is 6.24. The molecule has 3 nitrogen and oxygen atoms in total. The molecule has 0 aromatic carbocycles. The Morgan fingerprint density at radius 3 is 3.00 bits per heavy atom. The number of thiophene rings is 1. The van der Waals surface area contributed by atoms with Gasteiger partial charge >= 0.3 is 0 Å². The summed E-state index contributed by atoms with van der Waals surface area (Å²) < 4.78 is 2.34. The van der Waals surface area contributed by atoms with Crippen molar-refractivity contribution in [1.82, 2.24) is 14.8 Å². The van der Waals surface area contributed by atoms with Crippen LogP contribution in [0.15, 0.2) is 22.7 Å². The summed E-state index contributed by atoms with van der Waals surface area (Å²) in [5, 5.41) is 11.9. The van der Waals surface area contributed by atoms with Gasteiger partial charge in [-0.2, -0.15) is 0 Å². The topological polar surface area (TPSA) is 30.7 Å². The third-order valence-electron chi connectivity index (χ3n) is 2.75. The monoisotopic (exact) mass is 265 g/mol. The molecule has 0 saturated heterocycles. The number of rotatable bonds is 5. The Hall–Kier alpha value is -0.810. The molecule has 0 N–H and O–H groups in total. The lowest BCUT2D eigenvalue weighted by molar-refractivity contribution is 0.670. The number of thioether (sulfide) groups is 1. The van der Waals surface area contributed by atoms with Crippen LogP contribution in [0.2, 0.25) is 0 Å². The van der Waals surface area contributed by atoms with E-state index < -0.39 is 0 Å². The highest BCUT2D eigenvalue weighted by molar-refractivity contribution is 7.99. The van der Waals surface area contributed by atoms with Crippen molar-refractivity contribution in [2.24, 2.45) is 0 Å². The van der Waals surface area contributed by atoms with Crippen molar-refractivity contribution in [1.29, 1.82) is 0 Å². The van der Waals surface area contributed by atoms with Crippen molar-refractivity contribution >= 4 is 23.1 Å². The molecule has 5 heteroatoms. The molecule has 2 aromatic heterocycles. The van der Waals surface area contributed by atoms with E-state index in [9.17, 15) is 0 Å². The van der Waals surface area contributed by atoms with Crippen molar-refractivity contribution in [3.8, 4) is 10.7 Å². The van der Waals surface area contributed by atoms with Gasteiger partial charge in [0.2, 0.25) is 0 Å². The lowest BCUT2D eigenvalue weighted by atomic mass is 10.4. The van der Waals surface area contributed by atoms with E-state index in [4.69, 9.17) is 0 Å². The molecule has 0 atom stereocenters. The third kappa shape index (κ3) is 2.26. The van der Waals surface area contributed by atoms with Crippen LogP contribution in [0.5, 0.6) is 0 Å². The van der Waals surface area contributed by atoms with Gasteiger partial charge in [-0.15, -0.1) is 21.5 Å². The van der Waals surface area contributed by atoms with Gasteiger partial charge in [0.25, 0.3) is 0 Å². The number of hydrogen-bond donors (Lipinski definition) is 0. The maximum absolute atomic E-state index is 4.38. The van der Waals surface area contributed by atoms with Crippen LogP contribution >= 0.6 is 23.1 Å². The van der Waals surface area contributed by atoms with E-state index in [0.717, 1.165) is 16.7 Å². The molecule has 1 aliphatic rings. The van der Waals surface area contributed by atoms with E-state index in [1.54, 1.807) is 11.3 Å². The first-order valence-corrected chi connectivity index (χ1v) is 7.88. The molecular weight excluding hydrogens is 250 g/mol. The SMILES string of the molecule is CCCSc1nnc(-c2cccs2)n1C1CC1. The fourth-order valence-corrected chi connectivity index (χ4v) is 3.37. The molecule has 1 aliphatic carbocycles. The lowest BCUT2D eigenvalue weighted by Crippen LogP contribution is -1.98. The molecule has 0 spiro atoms. The molecule has 3 rings (SSSR count). The maximum Gasteiger partial charge on any atom is 0.191 e. The largest absolute Gasteiger partial charge is 0.298 e. The normalized spacial score (nSPS) is 15.4. The Bertz CT molecular complexity index is 486. The predicted molar refractivity (Wildman–Crippen MR) is 72.6 cm³/mol. The molecule has 17 heavy (non-hydrogen) atoms. The molecule has 0 bridgehead atoms. The Balaban J connectivity index is 1.95. The molecule has 1 saturated carbocycles. The zero-order chi connectivity index (χ0) is 11.7. The maximum atomic E-state index is 4.38. The van der Waals surface area contributed by atoms with E-state index >= 15 is 0 Å². The fourth-order valence-electron chi connectivity index (χ4n) is 1.80. The van der Waals surface area contributed by atoms with E-state index in [-0.39, 0.29) is 0 Å². The zero-order valence-corrected chi connectivity index (χ0v) is 11.4. The average Bonchev–Trinajstić information content (AvgIpc) is 2.90. The van der Waals surface area contributed by atoms with Gasteiger partial charge in [0, 0.05) is 11.8 Å². The first-order chi connectivity index (χ1) is 8.40. The Labute approximate surface area is 109 Å². The Kier molecular flexibility index (Phi) is 3.20. The van der Waals surface area contributed by atoms with Gasteiger partial charge < -0.3 is 0 Å². The van der Waals surface area contributed by atoms with Crippen molar-refractivity contribution in [3.05, 3.63) is 17.5 Å². The second kappa shape index (κ2) is 4.82. The van der Waals surface area contributed by atoms with Crippen LogP contribution in [0.4, 0.5) is 0 Å². The summed E-state index contributed by atoms with van der Waals surface area (Å²) in [5.74, 6) is 2.18. The summed E-state index contributed by atoms with van der Waals surface area (Å²) in [4.78, 5) is 1.23. The summed E-state index contributed by atoms with van der Waals surface area (Å²) in [6.45, 7) is 2.20. The van der Waals surface area contributed by atoms with E-state index in [1.807, 2.05) is 11.8 Å². The average molecular weight is 265 g/mol. The fraction of sp³-hybridized carbons (Fsp3) is 0.500. The van der Waals surface area contributed by atoms with Crippen molar-refractivity contribution in [2.45, 2.75) is 37.4 Å². The number of hydrogen-bond acceptors (Lipinski definition) is 4. The molecule has 0 unspecified atom stereocenters. The quantitative estimate of drug-likeness (QED) is 0.769. The van der Waals surface area contributed by atoms with E-state index in [0.29, 0.717) is 6.04 Å². The van der Waals surface area contributed by atoms with Crippen LogP contribution < -0.4 is 0 Å². The van der Waals surface area contributed by atoms with Gasteiger partial charge in [0.15, 0.2) is 11.0 Å². The lowest BCUT2D eigenvalue weighted by Gasteiger charge is -2.06. The van der Waals surface area contributed by atoms with E-state index in [2.05, 4.69) is 39.2 Å². The summed E-state index contributed by atoms with van der Waals surface area (Å²) in [6, 6.07) is 4.84. The van der Waals surface area contributed by atoms with Crippen molar-refractivity contribution in [3.63, 3.8) is 0 Å². The molecular formula is C12H15N3S2. The molecule has 2 heterocycles.